The minimum atomic E-state index is -3.66. The third kappa shape index (κ3) is 3.11. The van der Waals surface area contributed by atoms with Gasteiger partial charge in [-0.25, -0.2) is 13.1 Å². The number of carbonyl (C=O) groups excluding carboxylic acids is 1. The lowest BCUT2D eigenvalue weighted by atomic mass is 9.86. The maximum absolute atomic E-state index is 13.4. The van der Waals surface area contributed by atoms with Crippen LogP contribution in [0.3, 0.4) is 0 Å². The number of nitrogens with zero attached hydrogens (tertiary/aromatic N) is 3. The monoisotopic (exact) mass is 407 g/mol. The smallest absolute Gasteiger partial charge is 0.249 e. The van der Waals surface area contributed by atoms with Gasteiger partial charge in [-0.2, -0.15) is 9.40 Å². The molecule has 2 bridgehead atoms. The molecule has 1 saturated heterocycles. The molecule has 144 valence electrons. The fraction of sp³-hybridized carbons (Fsp3) is 0.474. The van der Waals surface area contributed by atoms with Gasteiger partial charge in [0.2, 0.25) is 15.9 Å². The summed E-state index contributed by atoms with van der Waals surface area (Å²) in [4.78, 5) is 12.6. The van der Waals surface area contributed by atoms with Crippen molar-refractivity contribution in [3.05, 3.63) is 46.7 Å². The van der Waals surface area contributed by atoms with Crippen molar-refractivity contribution in [2.45, 2.75) is 56.5 Å². The van der Waals surface area contributed by atoms with Gasteiger partial charge in [-0.05, 0) is 43.5 Å². The molecule has 0 saturated carbocycles. The molecule has 27 heavy (non-hydrogen) atoms. The first-order chi connectivity index (χ1) is 12.8. The van der Waals surface area contributed by atoms with Crippen LogP contribution in [0.4, 0.5) is 0 Å². The predicted molar refractivity (Wildman–Crippen MR) is 102 cm³/mol. The van der Waals surface area contributed by atoms with Gasteiger partial charge in [0.25, 0.3) is 0 Å². The Balaban J connectivity index is 1.76. The van der Waals surface area contributed by atoms with E-state index in [4.69, 9.17) is 11.6 Å². The van der Waals surface area contributed by atoms with Crippen molar-refractivity contribution in [1.82, 2.24) is 14.1 Å². The molecule has 2 aromatic rings. The molecule has 1 fully saturated rings. The van der Waals surface area contributed by atoms with E-state index in [2.05, 4.69) is 5.10 Å². The molecule has 4 rings (SSSR count). The Labute approximate surface area is 164 Å². The van der Waals surface area contributed by atoms with Gasteiger partial charge in [0.15, 0.2) is 0 Å². The second-order valence-corrected chi connectivity index (χ2v) is 9.84. The molecular formula is C19H22ClN3O3S. The molecule has 0 amide bonds. The molecule has 0 N–H and O–H groups in total. The second-order valence-electron chi connectivity index (χ2n) is 7.56. The highest BCUT2D eigenvalue weighted by Gasteiger charge is 2.46. The molecule has 2 unspecified atom stereocenters. The zero-order chi connectivity index (χ0) is 19.3. The molecular weight excluding hydrogens is 386 g/mol. The van der Waals surface area contributed by atoms with Crippen molar-refractivity contribution in [3.63, 3.8) is 0 Å². The molecule has 8 heteroatoms. The summed E-state index contributed by atoms with van der Waals surface area (Å²) in [6, 6.07) is 5.89. The minimum Gasteiger partial charge on any atom is -0.272 e. The van der Waals surface area contributed by atoms with Gasteiger partial charge in [-0.1, -0.05) is 25.4 Å². The minimum absolute atomic E-state index is 0.0777. The third-order valence-corrected chi connectivity index (χ3v) is 7.63. The number of benzene rings is 1. The van der Waals surface area contributed by atoms with Gasteiger partial charge in [0, 0.05) is 35.2 Å². The molecule has 2 aliphatic heterocycles. The highest BCUT2D eigenvalue weighted by molar-refractivity contribution is 7.89. The normalized spacial score (nSPS) is 22.7. The zero-order valence-electron chi connectivity index (χ0n) is 15.3. The Morgan fingerprint density at radius 2 is 1.93 bits per heavy atom. The number of rotatable bonds is 3. The lowest BCUT2D eigenvalue weighted by molar-refractivity contribution is 0.0838. The van der Waals surface area contributed by atoms with Crippen molar-refractivity contribution < 1.29 is 13.2 Å². The molecule has 6 nitrogen and oxygen atoms in total. The van der Waals surface area contributed by atoms with Crippen LogP contribution in [0, 0.1) is 5.92 Å². The van der Waals surface area contributed by atoms with E-state index in [9.17, 15) is 13.2 Å². The summed E-state index contributed by atoms with van der Waals surface area (Å²) in [5.74, 6) is -0.245. The number of aromatic nitrogens is 2. The summed E-state index contributed by atoms with van der Waals surface area (Å²) in [6.45, 7) is 3.66. The van der Waals surface area contributed by atoms with Gasteiger partial charge in [0.05, 0.1) is 16.6 Å². The van der Waals surface area contributed by atoms with Crippen LogP contribution in [0.1, 0.15) is 55.2 Å². The van der Waals surface area contributed by atoms with Crippen LogP contribution in [0.25, 0.3) is 0 Å². The first-order valence-electron chi connectivity index (χ1n) is 9.21. The average molecular weight is 408 g/mol. The van der Waals surface area contributed by atoms with Gasteiger partial charge < -0.3 is 0 Å². The standard InChI is InChI=1S/C19H22ClN3O3S/c1-12(2)19(24)22-11-16-17(21-22)10-14-4-3-5-18(16)23(14)27(25,26)15-8-6-13(20)7-9-15/h6-9,11-12,14,18H,3-5,10H2,1-2H3. The molecule has 2 aliphatic rings. The van der Waals surface area contributed by atoms with Crippen LogP contribution in [0.2, 0.25) is 5.02 Å². The van der Waals surface area contributed by atoms with Crippen LogP contribution in [0.5, 0.6) is 0 Å². The van der Waals surface area contributed by atoms with E-state index >= 15 is 0 Å². The number of carbonyl (C=O) groups is 1. The Bertz CT molecular complexity index is 982. The van der Waals surface area contributed by atoms with Crippen molar-refractivity contribution in [2.75, 3.05) is 0 Å². The van der Waals surface area contributed by atoms with Gasteiger partial charge in [-0.3, -0.25) is 4.79 Å². The molecule has 2 atom stereocenters. The van der Waals surface area contributed by atoms with E-state index in [1.807, 2.05) is 13.8 Å². The second kappa shape index (κ2) is 6.72. The average Bonchev–Trinajstić information content (AvgIpc) is 3.04. The van der Waals surface area contributed by atoms with Gasteiger partial charge in [0.1, 0.15) is 0 Å². The first kappa shape index (κ1) is 18.7. The SMILES string of the molecule is CC(C)C(=O)n1cc2c(n1)CC1CCCC2N1S(=O)(=O)c1ccc(Cl)cc1. The summed E-state index contributed by atoms with van der Waals surface area (Å²) < 4.78 is 29.7. The van der Waals surface area contributed by atoms with E-state index in [-0.39, 0.29) is 28.8 Å². The number of hydrogen-bond donors (Lipinski definition) is 0. The van der Waals surface area contributed by atoms with Crippen molar-refractivity contribution in [3.8, 4) is 0 Å². The molecule has 1 aromatic heterocycles. The van der Waals surface area contributed by atoms with Crippen molar-refractivity contribution in [2.24, 2.45) is 5.92 Å². The van der Waals surface area contributed by atoms with Crippen LogP contribution in [0.15, 0.2) is 35.4 Å². The predicted octanol–water partition coefficient (Wildman–Crippen LogP) is 3.67. The number of fused-ring (bicyclic) bond motifs is 4. The van der Waals surface area contributed by atoms with Crippen molar-refractivity contribution >= 4 is 27.5 Å². The lowest BCUT2D eigenvalue weighted by Crippen LogP contribution is -2.49. The Kier molecular flexibility index (Phi) is 4.64. The number of sulfonamides is 1. The van der Waals surface area contributed by atoms with Crippen LogP contribution >= 0.6 is 11.6 Å². The summed E-state index contributed by atoms with van der Waals surface area (Å²) in [5.41, 5.74) is 1.71. The number of halogens is 1. The van der Waals surface area contributed by atoms with E-state index in [1.165, 1.54) is 4.68 Å². The van der Waals surface area contributed by atoms with E-state index in [1.54, 1.807) is 34.8 Å². The Morgan fingerprint density at radius 1 is 1.22 bits per heavy atom. The number of hydrogen-bond acceptors (Lipinski definition) is 4. The summed E-state index contributed by atoms with van der Waals surface area (Å²) in [6.07, 6.45) is 4.77. The van der Waals surface area contributed by atoms with E-state index in [0.29, 0.717) is 11.4 Å². The zero-order valence-corrected chi connectivity index (χ0v) is 16.9. The fourth-order valence-corrected chi connectivity index (χ4v) is 6.07. The lowest BCUT2D eigenvalue weighted by Gasteiger charge is -2.44. The maximum Gasteiger partial charge on any atom is 0.249 e. The Morgan fingerprint density at radius 3 is 2.59 bits per heavy atom. The molecule has 0 aliphatic carbocycles. The largest absolute Gasteiger partial charge is 0.272 e. The fourth-order valence-electron chi connectivity index (χ4n) is 4.09. The van der Waals surface area contributed by atoms with E-state index < -0.39 is 10.0 Å². The molecule has 0 radical (unpaired) electrons. The number of piperidine rings is 1. The highest BCUT2D eigenvalue weighted by atomic mass is 35.5. The molecule has 0 spiro atoms. The van der Waals surface area contributed by atoms with Crippen LogP contribution in [-0.4, -0.2) is 34.5 Å². The quantitative estimate of drug-likeness (QED) is 0.778. The van der Waals surface area contributed by atoms with Gasteiger partial charge >= 0.3 is 0 Å². The van der Waals surface area contributed by atoms with Crippen LogP contribution in [-0.2, 0) is 16.4 Å². The Hall–Kier alpha value is -1.70. The van der Waals surface area contributed by atoms with Crippen molar-refractivity contribution in [1.29, 1.82) is 0 Å². The van der Waals surface area contributed by atoms with Crippen LogP contribution < -0.4 is 0 Å². The third-order valence-electron chi connectivity index (χ3n) is 5.40. The van der Waals surface area contributed by atoms with E-state index in [0.717, 1.165) is 30.5 Å². The topological polar surface area (TPSA) is 72.3 Å². The summed E-state index contributed by atoms with van der Waals surface area (Å²) in [5, 5.41) is 4.99. The summed E-state index contributed by atoms with van der Waals surface area (Å²) in [7, 11) is -3.66. The van der Waals surface area contributed by atoms with Gasteiger partial charge in [-0.15, -0.1) is 0 Å². The summed E-state index contributed by atoms with van der Waals surface area (Å²) >= 11 is 5.92. The maximum atomic E-state index is 13.4. The first-order valence-corrected chi connectivity index (χ1v) is 11.0. The molecule has 3 heterocycles. The molecule has 1 aromatic carbocycles. The highest BCUT2D eigenvalue weighted by Crippen LogP contribution is 2.44.